The Morgan fingerprint density at radius 3 is 2.50 bits per heavy atom. The van der Waals surface area contributed by atoms with Crippen LogP contribution in [-0.4, -0.2) is 11.4 Å². The van der Waals surface area contributed by atoms with Crippen molar-refractivity contribution in [2.24, 2.45) is 16.6 Å². The van der Waals surface area contributed by atoms with Crippen LogP contribution in [0.2, 0.25) is 0 Å². The second kappa shape index (κ2) is 1.74. The maximum Gasteiger partial charge on any atom is 0.0975 e. The van der Waals surface area contributed by atoms with Crippen molar-refractivity contribution in [1.29, 1.82) is 0 Å². The van der Waals surface area contributed by atoms with Gasteiger partial charge in [-0.3, -0.25) is 4.99 Å². The van der Waals surface area contributed by atoms with Crippen molar-refractivity contribution < 1.29 is 0 Å². The van der Waals surface area contributed by atoms with Gasteiger partial charge in [-0.25, -0.2) is 0 Å². The number of rotatable bonds is 2. The Labute approximate surface area is 61.5 Å². The molecule has 56 valence electrons. The Morgan fingerprint density at radius 1 is 1.50 bits per heavy atom. The molecule has 2 aliphatic rings. The van der Waals surface area contributed by atoms with E-state index in [1.165, 1.54) is 25.7 Å². The zero-order chi connectivity index (χ0) is 7.19. The Kier molecular flexibility index (Phi) is 1.08. The zero-order valence-electron chi connectivity index (χ0n) is 6.43. The van der Waals surface area contributed by atoms with E-state index in [4.69, 9.17) is 5.73 Å². The van der Waals surface area contributed by atoms with Gasteiger partial charge in [0.1, 0.15) is 0 Å². The van der Waals surface area contributed by atoms with Gasteiger partial charge in [0.2, 0.25) is 0 Å². The standard InChI is InChI=1S/C8H14N2/c1-8(4-5-8)10-7(9)6-2-3-6/h6H,2-5H2,1H3,(H2,9,10). The summed E-state index contributed by atoms with van der Waals surface area (Å²) < 4.78 is 0. The molecule has 0 amide bonds. The van der Waals surface area contributed by atoms with E-state index >= 15 is 0 Å². The number of hydrogen-bond donors (Lipinski definition) is 1. The Morgan fingerprint density at radius 2 is 2.10 bits per heavy atom. The number of aliphatic imine (C=N–C) groups is 1. The quantitative estimate of drug-likeness (QED) is 0.453. The van der Waals surface area contributed by atoms with Crippen molar-refractivity contribution in [2.45, 2.75) is 38.1 Å². The molecule has 0 unspecified atom stereocenters. The molecule has 0 aliphatic heterocycles. The van der Waals surface area contributed by atoms with Gasteiger partial charge in [-0.1, -0.05) is 0 Å². The van der Waals surface area contributed by atoms with E-state index in [1.807, 2.05) is 0 Å². The molecule has 10 heavy (non-hydrogen) atoms. The first-order valence-electron chi connectivity index (χ1n) is 4.05. The summed E-state index contributed by atoms with van der Waals surface area (Å²) in [6.07, 6.45) is 5.01. The highest BCUT2D eigenvalue weighted by atomic mass is 15.0. The van der Waals surface area contributed by atoms with Crippen LogP contribution in [0.3, 0.4) is 0 Å². The number of amidine groups is 1. The van der Waals surface area contributed by atoms with E-state index in [2.05, 4.69) is 11.9 Å². The van der Waals surface area contributed by atoms with Crippen molar-refractivity contribution in [1.82, 2.24) is 0 Å². The second-order valence-electron chi connectivity index (χ2n) is 3.81. The molecule has 0 aromatic carbocycles. The van der Waals surface area contributed by atoms with Crippen LogP contribution < -0.4 is 5.73 Å². The van der Waals surface area contributed by atoms with E-state index in [-0.39, 0.29) is 5.54 Å². The Bertz CT molecular complexity index is 176. The van der Waals surface area contributed by atoms with Crippen molar-refractivity contribution >= 4 is 5.84 Å². The summed E-state index contributed by atoms with van der Waals surface area (Å²) in [6, 6.07) is 0. The molecule has 2 heteroatoms. The van der Waals surface area contributed by atoms with Gasteiger partial charge in [0.15, 0.2) is 0 Å². The average molecular weight is 138 g/mol. The highest BCUT2D eigenvalue weighted by Gasteiger charge is 2.38. The fraction of sp³-hybridized carbons (Fsp3) is 0.875. The molecule has 2 fully saturated rings. The van der Waals surface area contributed by atoms with Gasteiger partial charge in [0.05, 0.1) is 11.4 Å². The molecule has 2 N–H and O–H groups in total. The first-order chi connectivity index (χ1) is 4.70. The predicted molar refractivity (Wildman–Crippen MR) is 42.0 cm³/mol. The van der Waals surface area contributed by atoms with Crippen molar-refractivity contribution in [3.63, 3.8) is 0 Å². The van der Waals surface area contributed by atoms with Gasteiger partial charge in [-0.05, 0) is 32.6 Å². The molecule has 0 bridgehead atoms. The third-order valence-corrected chi connectivity index (χ3v) is 2.37. The lowest BCUT2D eigenvalue weighted by atomic mass is 10.3. The molecule has 0 heterocycles. The lowest BCUT2D eigenvalue weighted by Gasteiger charge is -2.02. The Hall–Kier alpha value is -0.530. The summed E-state index contributed by atoms with van der Waals surface area (Å²) in [5.41, 5.74) is 6.01. The number of nitrogens with zero attached hydrogens (tertiary/aromatic N) is 1. The van der Waals surface area contributed by atoms with Crippen LogP contribution >= 0.6 is 0 Å². The first kappa shape index (κ1) is 6.20. The largest absolute Gasteiger partial charge is 0.387 e. The van der Waals surface area contributed by atoms with E-state index in [9.17, 15) is 0 Å². The van der Waals surface area contributed by atoms with Crippen LogP contribution in [-0.2, 0) is 0 Å². The van der Waals surface area contributed by atoms with Gasteiger partial charge in [0.25, 0.3) is 0 Å². The molecule has 0 radical (unpaired) electrons. The normalized spacial score (nSPS) is 30.3. The molecule has 0 saturated heterocycles. The van der Waals surface area contributed by atoms with E-state index in [0.717, 1.165) is 5.84 Å². The minimum atomic E-state index is 0.257. The van der Waals surface area contributed by atoms with Crippen LogP contribution in [0.4, 0.5) is 0 Å². The van der Waals surface area contributed by atoms with Crippen LogP contribution in [0.15, 0.2) is 4.99 Å². The molecule has 0 aromatic rings. The maximum atomic E-state index is 5.76. The van der Waals surface area contributed by atoms with Gasteiger partial charge >= 0.3 is 0 Å². The third-order valence-electron chi connectivity index (χ3n) is 2.37. The van der Waals surface area contributed by atoms with Gasteiger partial charge in [-0.2, -0.15) is 0 Å². The molecule has 0 atom stereocenters. The topological polar surface area (TPSA) is 38.4 Å². The molecule has 0 aromatic heterocycles. The average Bonchev–Trinajstić information content (AvgIpc) is 2.60. The predicted octanol–water partition coefficient (Wildman–Crippen LogP) is 1.31. The number of nitrogens with two attached hydrogens (primary N) is 1. The van der Waals surface area contributed by atoms with E-state index < -0.39 is 0 Å². The zero-order valence-corrected chi connectivity index (χ0v) is 6.43. The maximum absolute atomic E-state index is 5.76. The summed E-state index contributed by atoms with van der Waals surface area (Å²) in [7, 11) is 0. The summed E-state index contributed by atoms with van der Waals surface area (Å²) in [6.45, 7) is 2.18. The fourth-order valence-electron chi connectivity index (χ4n) is 1.07. The number of hydrogen-bond acceptors (Lipinski definition) is 1. The molecule has 0 spiro atoms. The minimum absolute atomic E-state index is 0.257. The summed E-state index contributed by atoms with van der Waals surface area (Å²) in [5, 5.41) is 0. The molecule has 2 rings (SSSR count). The van der Waals surface area contributed by atoms with Crippen molar-refractivity contribution in [3.05, 3.63) is 0 Å². The SMILES string of the molecule is CC1(N=C(N)C2CC2)CC1. The highest BCUT2D eigenvalue weighted by molar-refractivity contribution is 5.85. The molecule has 2 aliphatic carbocycles. The molecule has 2 saturated carbocycles. The second-order valence-corrected chi connectivity index (χ2v) is 3.81. The molecular formula is C8H14N2. The summed E-state index contributed by atoms with van der Waals surface area (Å²) >= 11 is 0. The molecular weight excluding hydrogens is 124 g/mol. The van der Waals surface area contributed by atoms with E-state index in [0.29, 0.717) is 5.92 Å². The monoisotopic (exact) mass is 138 g/mol. The summed E-state index contributed by atoms with van der Waals surface area (Å²) in [5.74, 6) is 1.57. The lowest BCUT2D eigenvalue weighted by Crippen LogP contribution is -2.17. The van der Waals surface area contributed by atoms with Crippen LogP contribution in [0, 0.1) is 5.92 Å². The lowest BCUT2D eigenvalue weighted by molar-refractivity contribution is 0.756. The van der Waals surface area contributed by atoms with Crippen LogP contribution in [0.1, 0.15) is 32.6 Å². The first-order valence-corrected chi connectivity index (χ1v) is 4.05. The van der Waals surface area contributed by atoms with Gasteiger partial charge in [-0.15, -0.1) is 0 Å². The summed E-state index contributed by atoms with van der Waals surface area (Å²) in [4.78, 5) is 4.48. The van der Waals surface area contributed by atoms with Crippen LogP contribution in [0.5, 0.6) is 0 Å². The van der Waals surface area contributed by atoms with Crippen molar-refractivity contribution in [2.75, 3.05) is 0 Å². The Balaban J connectivity index is 2.00. The van der Waals surface area contributed by atoms with E-state index in [1.54, 1.807) is 0 Å². The fourth-order valence-corrected chi connectivity index (χ4v) is 1.07. The van der Waals surface area contributed by atoms with Crippen LogP contribution in [0.25, 0.3) is 0 Å². The molecule has 2 nitrogen and oxygen atoms in total. The third kappa shape index (κ3) is 1.15. The van der Waals surface area contributed by atoms with Crippen molar-refractivity contribution in [3.8, 4) is 0 Å². The smallest absolute Gasteiger partial charge is 0.0975 e. The van der Waals surface area contributed by atoms with Gasteiger partial charge < -0.3 is 5.73 Å². The van der Waals surface area contributed by atoms with Gasteiger partial charge in [0, 0.05) is 5.92 Å². The minimum Gasteiger partial charge on any atom is -0.387 e. The highest BCUT2D eigenvalue weighted by Crippen LogP contribution is 2.40.